The highest BCUT2D eigenvalue weighted by atomic mass is 19.1. The molecule has 0 bridgehead atoms. The highest BCUT2D eigenvalue weighted by molar-refractivity contribution is 5.50. The van der Waals surface area contributed by atoms with E-state index >= 15 is 0 Å². The quantitative estimate of drug-likeness (QED) is 0.797. The summed E-state index contributed by atoms with van der Waals surface area (Å²) in [6.45, 7) is 3.62. The Hall–Kier alpha value is -2.03. The molecule has 88 valence electrons. The maximum Gasteiger partial charge on any atom is 0.127 e. The van der Waals surface area contributed by atoms with Crippen molar-refractivity contribution in [1.29, 1.82) is 0 Å². The molecule has 2 nitrogen and oxygen atoms in total. The van der Waals surface area contributed by atoms with Gasteiger partial charge in [-0.05, 0) is 61.4 Å². The molecular formula is C14H14FNO. The lowest BCUT2D eigenvalue weighted by Crippen LogP contribution is -1.91. The summed E-state index contributed by atoms with van der Waals surface area (Å²) in [7, 11) is 0. The minimum absolute atomic E-state index is 0.231. The Bertz CT molecular complexity index is 502. The van der Waals surface area contributed by atoms with Crippen LogP contribution in [0, 0.1) is 19.7 Å². The molecule has 0 saturated heterocycles. The van der Waals surface area contributed by atoms with Gasteiger partial charge in [0.25, 0.3) is 0 Å². The van der Waals surface area contributed by atoms with Crippen LogP contribution >= 0.6 is 0 Å². The molecule has 0 radical (unpaired) electrons. The van der Waals surface area contributed by atoms with Crippen molar-refractivity contribution >= 4 is 5.69 Å². The number of nitrogens with two attached hydrogens (primary N) is 1. The summed E-state index contributed by atoms with van der Waals surface area (Å²) in [6, 6.07) is 10.1. The van der Waals surface area contributed by atoms with Gasteiger partial charge in [0.05, 0.1) is 0 Å². The number of hydrogen-bond acceptors (Lipinski definition) is 2. The fourth-order valence-electron chi connectivity index (χ4n) is 1.53. The van der Waals surface area contributed by atoms with Crippen molar-refractivity contribution in [1.82, 2.24) is 0 Å². The van der Waals surface area contributed by atoms with Crippen molar-refractivity contribution < 1.29 is 9.13 Å². The van der Waals surface area contributed by atoms with Gasteiger partial charge in [0.1, 0.15) is 17.3 Å². The lowest BCUT2D eigenvalue weighted by molar-refractivity contribution is 0.479. The third-order valence-corrected chi connectivity index (χ3v) is 2.61. The van der Waals surface area contributed by atoms with E-state index < -0.39 is 0 Å². The van der Waals surface area contributed by atoms with E-state index in [-0.39, 0.29) is 5.82 Å². The minimum atomic E-state index is -0.231. The van der Waals surface area contributed by atoms with Gasteiger partial charge in [-0.3, -0.25) is 0 Å². The second kappa shape index (κ2) is 4.45. The molecule has 3 heteroatoms. The first kappa shape index (κ1) is 11.5. The molecule has 0 aliphatic carbocycles. The molecule has 2 rings (SSSR count). The average molecular weight is 231 g/mol. The largest absolute Gasteiger partial charge is 0.457 e. The fraction of sp³-hybridized carbons (Fsp3) is 0.143. The van der Waals surface area contributed by atoms with Crippen molar-refractivity contribution in [3.8, 4) is 11.5 Å². The predicted molar refractivity (Wildman–Crippen MR) is 66.8 cm³/mol. The van der Waals surface area contributed by atoms with Gasteiger partial charge in [0.2, 0.25) is 0 Å². The topological polar surface area (TPSA) is 35.2 Å². The molecule has 0 aliphatic heterocycles. The summed E-state index contributed by atoms with van der Waals surface area (Å²) in [4.78, 5) is 0. The van der Waals surface area contributed by atoms with Gasteiger partial charge in [-0.15, -0.1) is 0 Å². The third kappa shape index (κ3) is 2.56. The smallest absolute Gasteiger partial charge is 0.127 e. The molecule has 0 saturated carbocycles. The second-order valence-corrected chi connectivity index (χ2v) is 4.03. The Morgan fingerprint density at radius 1 is 0.941 bits per heavy atom. The van der Waals surface area contributed by atoms with E-state index in [9.17, 15) is 4.39 Å². The van der Waals surface area contributed by atoms with E-state index in [0.29, 0.717) is 17.1 Å². The lowest BCUT2D eigenvalue weighted by Gasteiger charge is -2.08. The third-order valence-electron chi connectivity index (χ3n) is 2.61. The number of halogens is 1. The summed E-state index contributed by atoms with van der Waals surface area (Å²) < 4.78 is 18.7. The zero-order valence-electron chi connectivity index (χ0n) is 9.83. The SMILES string of the molecule is Cc1cc(Oc2ccc(F)c(C)c2)ccc1N. The summed E-state index contributed by atoms with van der Waals surface area (Å²) in [6.07, 6.45) is 0. The van der Waals surface area contributed by atoms with Gasteiger partial charge in [0, 0.05) is 5.69 Å². The molecule has 2 N–H and O–H groups in total. The van der Waals surface area contributed by atoms with E-state index in [1.54, 1.807) is 31.2 Å². The van der Waals surface area contributed by atoms with E-state index in [4.69, 9.17) is 10.5 Å². The Labute approximate surface area is 99.8 Å². The summed E-state index contributed by atoms with van der Waals surface area (Å²) in [5.41, 5.74) is 7.97. The summed E-state index contributed by atoms with van der Waals surface area (Å²) in [5.74, 6) is 1.08. The van der Waals surface area contributed by atoms with Crippen molar-refractivity contribution in [3.63, 3.8) is 0 Å². The molecule has 0 atom stereocenters. The normalized spacial score (nSPS) is 10.3. The summed E-state index contributed by atoms with van der Waals surface area (Å²) in [5, 5.41) is 0. The Balaban J connectivity index is 2.25. The van der Waals surface area contributed by atoms with Gasteiger partial charge < -0.3 is 10.5 Å². The van der Waals surface area contributed by atoms with E-state index in [1.807, 2.05) is 13.0 Å². The Morgan fingerprint density at radius 3 is 2.12 bits per heavy atom. The molecule has 17 heavy (non-hydrogen) atoms. The van der Waals surface area contributed by atoms with Gasteiger partial charge in [-0.1, -0.05) is 0 Å². The monoisotopic (exact) mass is 231 g/mol. The molecule has 0 aromatic heterocycles. The van der Waals surface area contributed by atoms with Crippen LogP contribution in [0.4, 0.5) is 10.1 Å². The van der Waals surface area contributed by atoms with Gasteiger partial charge in [-0.2, -0.15) is 0 Å². The molecule has 0 fully saturated rings. The van der Waals surface area contributed by atoms with Crippen LogP contribution in [-0.2, 0) is 0 Å². The van der Waals surface area contributed by atoms with Crippen LogP contribution in [0.5, 0.6) is 11.5 Å². The first-order valence-corrected chi connectivity index (χ1v) is 5.36. The van der Waals surface area contributed by atoms with Gasteiger partial charge >= 0.3 is 0 Å². The molecule has 0 unspecified atom stereocenters. The molecule has 0 amide bonds. The van der Waals surface area contributed by atoms with Crippen LogP contribution in [0.25, 0.3) is 0 Å². The van der Waals surface area contributed by atoms with Crippen LogP contribution < -0.4 is 10.5 Å². The first-order valence-electron chi connectivity index (χ1n) is 5.36. The number of nitrogen functional groups attached to an aromatic ring is 1. The van der Waals surface area contributed by atoms with Crippen LogP contribution in [0.3, 0.4) is 0 Å². The molecular weight excluding hydrogens is 217 g/mol. The van der Waals surface area contributed by atoms with Crippen LogP contribution in [0.2, 0.25) is 0 Å². The molecule has 0 heterocycles. The maximum atomic E-state index is 13.1. The minimum Gasteiger partial charge on any atom is -0.457 e. The molecule has 0 spiro atoms. The van der Waals surface area contributed by atoms with Crippen molar-refractivity contribution in [2.45, 2.75) is 13.8 Å². The predicted octanol–water partition coefficient (Wildman–Crippen LogP) is 3.82. The van der Waals surface area contributed by atoms with Crippen LogP contribution in [0.15, 0.2) is 36.4 Å². The van der Waals surface area contributed by atoms with E-state index in [1.165, 1.54) is 6.07 Å². The fourth-order valence-corrected chi connectivity index (χ4v) is 1.53. The summed E-state index contributed by atoms with van der Waals surface area (Å²) >= 11 is 0. The molecule has 2 aromatic carbocycles. The van der Waals surface area contributed by atoms with E-state index in [0.717, 1.165) is 11.3 Å². The highest BCUT2D eigenvalue weighted by Gasteiger charge is 2.02. The van der Waals surface area contributed by atoms with Gasteiger partial charge in [0.15, 0.2) is 0 Å². The number of rotatable bonds is 2. The van der Waals surface area contributed by atoms with Crippen LogP contribution in [-0.4, -0.2) is 0 Å². The number of ether oxygens (including phenoxy) is 1. The van der Waals surface area contributed by atoms with E-state index in [2.05, 4.69) is 0 Å². The highest BCUT2D eigenvalue weighted by Crippen LogP contribution is 2.25. The zero-order valence-corrected chi connectivity index (χ0v) is 9.83. The maximum absolute atomic E-state index is 13.1. The molecule has 2 aromatic rings. The lowest BCUT2D eigenvalue weighted by atomic mass is 10.2. The van der Waals surface area contributed by atoms with Crippen molar-refractivity contribution in [2.24, 2.45) is 0 Å². The Kier molecular flexibility index (Phi) is 3.00. The number of hydrogen-bond donors (Lipinski definition) is 1. The van der Waals surface area contributed by atoms with Crippen molar-refractivity contribution in [2.75, 3.05) is 5.73 Å². The Morgan fingerprint density at radius 2 is 1.53 bits per heavy atom. The number of aryl methyl sites for hydroxylation is 2. The second-order valence-electron chi connectivity index (χ2n) is 4.03. The van der Waals surface area contributed by atoms with Crippen LogP contribution in [0.1, 0.15) is 11.1 Å². The molecule has 0 aliphatic rings. The zero-order chi connectivity index (χ0) is 12.4. The van der Waals surface area contributed by atoms with Gasteiger partial charge in [-0.25, -0.2) is 4.39 Å². The van der Waals surface area contributed by atoms with Crippen molar-refractivity contribution in [3.05, 3.63) is 53.3 Å². The average Bonchev–Trinajstić information content (AvgIpc) is 2.29. The number of anilines is 1. The standard InChI is InChI=1S/C14H14FNO/c1-9-7-11(3-5-13(9)15)17-12-4-6-14(16)10(2)8-12/h3-8H,16H2,1-2H3. The number of benzene rings is 2. The first-order chi connectivity index (χ1) is 8.06.